The number of hydrogen-bond acceptors (Lipinski definition) is 2. The molecule has 0 saturated carbocycles. The molecule has 0 aliphatic rings. The van der Waals surface area contributed by atoms with E-state index >= 15 is 0 Å². The minimum atomic E-state index is -2.17. The molecule has 0 radical (unpaired) electrons. The summed E-state index contributed by atoms with van der Waals surface area (Å²) in [7, 11) is 0. The van der Waals surface area contributed by atoms with E-state index in [0.717, 1.165) is 49.6 Å². The molecule has 0 saturated heterocycles. The molecule has 8 rings (SSSR count). The number of hydrogen-bond donors (Lipinski definition) is 0. The number of nitrogens with zero attached hydrogens (tertiary/aromatic N) is 2. The summed E-state index contributed by atoms with van der Waals surface area (Å²) in [4.78, 5) is 4.49. The fourth-order valence-electron chi connectivity index (χ4n) is 5.50. The maximum atomic E-state index is 7.64. The van der Waals surface area contributed by atoms with E-state index in [4.69, 9.17) is 8.53 Å². The highest BCUT2D eigenvalue weighted by Gasteiger charge is 2.22. The van der Waals surface area contributed by atoms with Crippen LogP contribution in [0.5, 0.6) is 0 Å². The molecule has 0 spiro atoms. The van der Waals surface area contributed by atoms with E-state index in [2.05, 4.69) is 64.0 Å². The first-order valence-electron chi connectivity index (χ1n) is 12.5. The van der Waals surface area contributed by atoms with Gasteiger partial charge >= 0.3 is 0 Å². The predicted octanol–water partition coefficient (Wildman–Crippen LogP) is 8.11. The monoisotopic (exact) mass is 425 g/mol. The van der Waals surface area contributed by atoms with Crippen LogP contribution in [0.2, 0.25) is 0 Å². The zero-order chi connectivity index (χ0) is 24.2. The maximum absolute atomic E-state index is 7.64. The Morgan fingerprint density at radius 3 is 2.45 bits per heavy atom. The van der Waals surface area contributed by atoms with Crippen LogP contribution in [0.25, 0.3) is 71.3 Å². The van der Waals surface area contributed by atoms with Gasteiger partial charge in [0.25, 0.3) is 0 Å². The number of rotatable bonds is 1. The van der Waals surface area contributed by atoms with Gasteiger partial charge in [0.2, 0.25) is 0 Å². The van der Waals surface area contributed by atoms with Crippen molar-refractivity contribution in [1.29, 1.82) is 0 Å². The summed E-state index contributed by atoms with van der Waals surface area (Å²) in [6, 6.07) is 28.7. The predicted molar refractivity (Wildman–Crippen MR) is 136 cm³/mol. The van der Waals surface area contributed by atoms with Gasteiger partial charge in [-0.1, -0.05) is 48.5 Å². The van der Waals surface area contributed by atoms with Gasteiger partial charge in [0.1, 0.15) is 11.2 Å². The Balaban J connectivity index is 1.53. The van der Waals surface area contributed by atoms with Crippen molar-refractivity contribution in [3.63, 3.8) is 0 Å². The molecule has 8 aromatic rings. The van der Waals surface area contributed by atoms with Crippen molar-refractivity contribution < 1.29 is 8.53 Å². The molecule has 0 unspecified atom stereocenters. The molecule has 154 valence electrons. The maximum Gasteiger partial charge on any atom is 0.136 e. The molecule has 3 heteroatoms. The summed E-state index contributed by atoms with van der Waals surface area (Å²) < 4.78 is 31.6. The van der Waals surface area contributed by atoms with Gasteiger partial charge in [-0.15, -0.1) is 0 Å². The van der Waals surface area contributed by atoms with Gasteiger partial charge < -0.3 is 8.82 Å². The highest BCUT2D eigenvalue weighted by atomic mass is 16.3. The molecule has 0 amide bonds. The Hall–Kier alpha value is -4.37. The molecule has 0 atom stereocenters. The fourth-order valence-corrected chi connectivity index (χ4v) is 5.50. The topological polar surface area (TPSA) is 30.4 Å². The second kappa shape index (κ2) is 5.90. The lowest BCUT2D eigenvalue weighted by atomic mass is 10.0. The second-order valence-corrected chi connectivity index (χ2v) is 8.64. The van der Waals surface area contributed by atoms with Crippen LogP contribution in [-0.2, 0) is 0 Å². The number of aromatic nitrogens is 2. The molecule has 33 heavy (non-hydrogen) atoms. The first-order chi connectivity index (χ1) is 17.5. The number of furan rings is 1. The summed E-state index contributed by atoms with van der Waals surface area (Å²) in [6.45, 7) is -2.17. The van der Waals surface area contributed by atoms with Gasteiger partial charge in [0, 0.05) is 48.2 Å². The number of benzene rings is 4. The SMILES string of the molecule is [2H]C([2H])([2H])c1ccc(-c2ccc3c(c2)c2c4c(cc5c6ccccc6n3c52)oc2ccccc24)nc1. The molecule has 4 aromatic carbocycles. The van der Waals surface area contributed by atoms with Crippen molar-refractivity contribution in [2.24, 2.45) is 0 Å². The van der Waals surface area contributed by atoms with Crippen LogP contribution in [0, 0.1) is 6.85 Å². The molecule has 0 aliphatic heterocycles. The van der Waals surface area contributed by atoms with Crippen molar-refractivity contribution in [1.82, 2.24) is 9.38 Å². The number of aryl methyl sites for hydroxylation is 1. The number of fused-ring (bicyclic) bond motifs is 10. The van der Waals surface area contributed by atoms with Gasteiger partial charge in [0.05, 0.1) is 22.2 Å². The summed E-state index contributed by atoms with van der Waals surface area (Å²) in [5.74, 6) is 0. The highest BCUT2D eigenvalue weighted by Crippen LogP contribution is 2.46. The lowest BCUT2D eigenvalue weighted by Crippen LogP contribution is -1.85. The summed E-state index contributed by atoms with van der Waals surface area (Å²) >= 11 is 0. The highest BCUT2D eigenvalue weighted by molar-refractivity contribution is 6.34. The Kier molecular flexibility index (Phi) is 2.62. The minimum Gasteiger partial charge on any atom is -0.456 e. The summed E-state index contributed by atoms with van der Waals surface area (Å²) in [6.07, 6.45) is 1.45. The molecule has 4 aromatic heterocycles. The van der Waals surface area contributed by atoms with Gasteiger partial charge in [-0.2, -0.15) is 0 Å². The Bertz CT molecular complexity index is 2130. The van der Waals surface area contributed by atoms with Crippen molar-refractivity contribution in [2.75, 3.05) is 0 Å². The average molecular weight is 426 g/mol. The molecular weight excluding hydrogens is 404 g/mol. The molecule has 0 N–H and O–H groups in total. The van der Waals surface area contributed by atoms with Crippen molar-refractivity contribution in [2.45, 2.75) is 6.85 Å². The van der Waals surface area contributed by atoms with Crippen LogP contribution in [-0.4, -0.2) is 9.38 Å². The first-order valence-corrected chi connectivity index (χ1v) is 11.0. The third-order valence-electron chi connectivity index (χ3n) is 6.86. The fraction of sp³-hybridized carbons (Fsp3) is 0.0333. The zero-order valence-electron chi connectivity index (χ0n) is 20.5. The molecule has 0 fully saturated rings. The summed E-state index contributed by atoms with van der Waals surface area (Å²) in [5.41, 5.74) is 7.15. The van der Waals surface area contributed by atoms with E-state index < -0.39 is 6.85 Å². The molecule has 3 nitrogen and oxygen atoms in total. The first kappa shape index (κ1) is 14.6. The van der Waals surface area contributed by atoms with Gasteiger partial charge in [-0.05, 0) is 48.8 Å². The van der Waals surface area contributed by atoms with Gasteiger partial charge in [-0.25, -0.2) is 0 Å². The quantitative estimate of drug-likeness (QED) is 0.266. The third kappa shape index (κ3) is 2.12. The number of para-hydroxylation sites is 2. The largest absolute Gasteiger partial charge is 0.456 e. The van der Waals surface area contributed by atoms with Crippen molar-refractivity contribution >= 4 is 60.0 Å². The lowest BCUT2D eigenvalue weighted by molar-refractivity contribution is 0.669. The van der Waals surface area contributed by atoms with Crippen molar-refractivity contribution in [3.05, 3.63) is 96.7 Å². The number of pyridine rings is 1. The second-order valence-electron chi connectivity index (χ2n) is 8.64. The van der Waals surface area contributed by atoms with Crippen LogP contribution in [0.4, 0.5) is 0 Å². The van der Waals surface area contributed by atoms with Crippen LogP contribution >= 0.6 is 0 Å². The lowest BCUT2D eigenvalue weighted by Gasteiger charge is -2.04. The van der Waals surface area contributed by atoms with Crippen LogP contribution in [0.3, 0.4) is 0 Å². The minimum absolute atomic E-state index is 0.242. The van der Waals surface area contributed by atoms with E-state index in [0.29, 0.717) is 0 Å². The molecule has 0 bridgehead atoms. The zero-order valence-corrected chi connectivity index (χ0v) is 17.5. The Morgan fingerprint density at radius 1 is 0.727 bits per heavy atom. The third-order valence-corrected chi connectivity index (χ3v) is 6.86. The van der Waals surface area contributed by atoms with E-state index in [1.54, 1.807) is 12.1 Å². The van der Waals surface area contributed by atoms with Gasteiger partial charge in [-0.3, -0.25) is 4.98 Å². The smallest absolute Gasteiger partial charge is 0.136 e. The van der Waals surface area contributed by atoms with E-state index in [1.807, 2.05) is 18.2 Å². The summed E-state index contributed by atoms with van der Waals surface area (Å²) in [5, 5.41) is 6.87. The van der Waals surface area contributed by atoms with Crippen LogP contribution in [0.15, 0.2) is 95.5 Å². The van der Waals surface area contributed by atoms with Gasteiger partial charge in [0.15, 0.2) is 0 Å². The normalized spacial score (nSPS) is 14.1. The standard InChI is InChI=1S/C30H18N2O/c1-17-10-12-23(31-16-17)18-11-13-25-22(14-18)29-28-20-7-3-5-9-26(20)33-27(28)15-21-19-6-2-4-8-24(19)32(25)30(21)29/h2-16H,1H3/i1D3. The Labute approximate surface area is 193 Å². The average Bonchev–Trinajstić information content (AvgIpc) is 3.53. The van der Waals surface area contributed by atoms with E-state index in [-0.39, 0.29) is 5.56 Å². The van der Waals surface area contributed by atoms with E-state index in [1.165, 1.54) is 27.9 Å². The van der Waals surface area contributed by atoms with Crippen molar-refractivity contribution in [3.8, 4) is 11.3 Å². The molecular formula is C30H18N2O. The molecule has 0 aliphatic carbocycles. The Morgan fingerprint density at radius 2 is 1.58 bits per heavy atom. The molecule has 4 heterocycles. The van der Waals surface area contributed by atoms with Crippen LogP contribution < -0.4 is 0 Å². The van der Waals surface area contributed by atoms with Crippen LogP contribution in [0.1, 0.15) is 9.68 Å². The van der Waals surface area contributed by atoms with E-state index in [9.17, 15) is 0 Å².